The van der Waals surface area contributed by atoms with Gasteiger partial charge >= 0.3 is 0 Å². The molecule has 4 aromatic rings. The fourth-order valence-corrected chi connectivity index (χ4v) is 6.10. The van der Waals surface area contributed by atoms with Crippen LogP contribution in [0, 0.1) is 12.8 Å². The molecule has 2 amide bonds. The number of nitrogens with one attached hydrogen (secondary N) is 2. The van der Waals surface area contributed by atoms with Gasteiger partial charge in [-0.3, -0.25) is 9.59 Å². The lowest BCUT2D eigenvalue weighted by molar-refractivity contribution is 0.0944. The highest BCUT2D eigenvalue weighted by Crippen LogP contribution is 2.28. The number of hydrogen-bond acceptors (Lipinski definition) is 5. The van der Waals surface area contributed by atoms with Crippen LogP contribution in [-0.2, 0) is 16.4 Å². The number of hydrogen-bond donors (Lipinski definition) is 2. The molecule has 0 radical (unpaired) electrons. The van der Waals surface area contributed by atoms with Crippen molar-refractivity contribution in [3.05, 3.63) is 107 Å². The third-order valence-corrected chi connectivity index (χ3v) is 8.97. The summed E-state index contributed by atoms with van der Waals surface area (Å²) in [6, 6.07) is 23.1. The van der Waals surface area contributed by atoms with Crippen molar-refractivity contribution in [2.75, 3.05) is 13.7 Å². The molecular weight excluding hydrogens is 536 g/mol. The van der Waals surface area contributed by atoms with E-state index < -0.39 is 15.9 Å². The molecule has 7 nitrogen and oxygen atoms in total. The molecule has 0 heterocycles. The molecule has 0 atom stereocenters. The molecule has 2 N–H and O–H groups in total. The molecular formula is C33H36N2O5S. The van der Waals surface area contributed by atoms with Gasteiger partial charge in [0.1, 0.15) is 5.75 Å². The molecule has 0 aliphatic rings. The molecule has 0 bridgehead atoms. The summed E-state index contributed by atoms with van der Waals surface area (Å²) in [6.07, 6.45) is 2.52. The number of fused-ring (bicyclic) bond motifs is 1. The number of ether oxygens (including phenoxy) is 1. The molecule has 8 heteroatoms. The fourth-order valence-electron chi connectivity index (χ4n) is 4.88. The first kappa shape index (κ1) is 29.8. The van der Waals surface area contributed by atoms with Crippen LogP contribution in [0.25, 0.3) is 10.8 Å². The summed E-state index contributed by atoms with van der Waals surface area (Å²) in [5, 5.41) is 5.02. The average Bonchev–Trinajstić information content (AvgIpc) is 2.97. The van der Waals surface area contributed by atoms with Crippen molar-refractivity contribution in [1.82, 2.24) is 10.0 Å². The average molecular weight is 573 g/mol. The standard InChI is InChI=1S/C33H36N2O5S/c1-5-23(6-2)21-34-32(36)27-16-14-24-11-9-12-25(29(24)19-27)18-26-15-17-28(20-30(26)40-4)33(37)35-41(38,39)31-13-8-7-10-22(31)3/h7-17,19-20,23H,5-6,18,21H2,1-4H3,(H,34,36)(H,35,37). The first-order valence-electron chi connectivity index (χ1n) is 13.8. The van der Waals surface area contributed by atoms with Crippen molar-refractivity contribution in [2.45, 2.75) is 44.9 Å². The third-order valence-electron chi connectivity index (χ3n) is 7.48. The van der Waals surface area contributed by atoms with Gasteiger partial charge in [0.15, 0.2) is 0 Å². The predicted octanol–water partition coefficient (Wildman–Crippen LogP) is 6.03. The minimum absolute atomic E-state index is 0.0523. The molecule has 4 aromatic carbocycles. The molecule has 0 saturated carbocycles. The summed E-state index contributed by atoms with van der Waals surface area (Å²) in [5.74, 6) is 0.0755. The van der Waals surface area contributed by atoms with Gasteiger partial charge < -0.3 is 10.1 Å². The number of benzene rings is 4. The van der Waals surface area contributed by atoms with Crippen molar-refractivity contribution >= 4 is 32.6 Å². The van der Waals surface area contributed by atoms with Crippen LogP contribution in [0.2, 0.25) is 0 Å². The Labute approximate surface area is 242 Å². The Hall–Kier alpha value is -4.17. The predicted molar refractivity (Wildman–Crippen MR) is 162 cm³/mol. The zero-order valence-electron chi connectivity index (χ0n) is 23.9. The summed E-state index contributed by atoms with van der Waals surface area (Å²) >= 11 is 0. The van der Waals surface area contributed by atoms with Gasteiger partial charge in [-0.15, -0.1) is 0 Å². The van der Waals surface area contributed by atoms with Gasteiger partial charge in [0, 0.05) is 24.1 Å². The largest absolute Gasteiger partial charge is 0.496 e. The number of methoxy groups -OCH3 is 1. The van der Waals surface area contributed by atoms with Crippen LogP contribution in [0.4, 0.5) is 0 Å². The third kappa shape index (κ3) is 6.95. The summed E-state index contributed by atoms with van der Waals surface area (Å²) in [4.78, 5) is 25.9. The fraction of sp³-hybridized carbons (Fsp3) is 0.273. The highest BCUT2D eigenvalue weighted by atomic mass is 32.2. The zero-order chi connectivity index (χ0) is 29.6. The van der Waals surface area contributed by atoms with E-state index in [9.17, 15) is 18.0 Å². The Morgan fingerprint density at radius 1 is 0.829 bits per heavy atom. The second-order valence-corrected chi connectivity index (χ2v) is 11.8. The van der Waals surface area contributed by atoms with Crippen molar-refractivity contribution in [2.24, 2.45) is 5.92 Å². The van der Waals surface area contributed by atoms with Crippen LogP contribution < -0.4 is 14.8 Å². The van der Waals surface area contributed by atoms with E-state index in [-0.39, 0.29) is 16.4 Å². The van der Waals surface area contributed by atoms with E-state index in [0.717, 1.165) is 34.7 Å². The molecule has 4 rings (SSSR count). The van der Waals surface area contributed by atoms with E-state index in [1.54, 1.807) is 43.3 Å². The van der Waals surface area contributed by atoms with Crippen molar-refractivity contribution in [3.8, 4) is 5.75 Å². The maximum absolute atomic E-state index is 12.9. The van der Waals surface area contributed by atoms with Crippen LogP contribution in [0.3, 0.4) is 0 Å². The maximum Gasteiger partial charge on any atom is 0.265 e. The second-order valence-electron chi connectivity index (χ2n) is 10.1. The van der Waals surface area contributed by atoms with E-state index in [1.165, 1.54) is 13.2 Å². The molecule has 0 fully saturated rings. The number of carbonyl (C=O) groups excluding carboxylic acids is 2. The molecule has 0 unspecified atom stereocenters. The van der Waals surface area contributed by atoms with Crippen molar-refractivity contribution < 1.29 is 22.7 Å². The first-order chi connectivity index (χ1) is 19.7. The minimum atomic E-state index is -4.04. The van der Waals surface area contributed by atoms with Gasteiger partial charge in [0.2, 0.25) is 0 Å². The smallest absolute Gasteiger partial charge is 0.265 e. The molecule has 0 saturated heterocycles. The first-order valence-corrected chi connectivity index (χ1v) is 15.2. The molecule has 214 valence electrons. The Morgan fingerprint density at radius 3 is 2.24 bits per heavy atom. The summed E-state index contributed by atoms with van der Waals surface area (Å²) in [7, 11) is -2.53. The van der Waals surface area contributed by atoms with Gasteiger partial charge in [-0.1, -0.05) is 75.2 Å². The van der Waals surface area contributed by atoms with Gasteiger partial charge in [-0.2, -0.15) is 0 Å². The highest BCUT2D eigenvalue weighted by Gasteiger charge is 2.21. The van der Waals surface area contributed by atoms with Crippen molar-refractivity contribution in [1.29, 1.82) is 0 Å². The monoisotopic (exact) mass is 572 g/mol. The quantitative estimate of drug-likeness (QED) is 0.228. The molecule has 0 spiro atoms. The van der Waals surface area contributed by atoms with E-state index >= 15 is 0 Å². The lowest BCUT2D eigenvalue weighted by Gasteiger charge is -2.15. The van der Waals surface area contributed by atoms with Gasteiger partial charge in [0.05, 0.1) is 12.0 Å². The van der Waals surface area contributed by atoms with Crippen molar-refractivity contribution in [3.63, 3.8) is 0 Å². The normalized spacial score (nSPS) is 11.4. The Morgan fingerprint density at radius 2 is 1.54 bits per heavy atom. The lowest BCUT2D eigenvalue weighted by atomic mass is 9.95. The molecule has 41 heavy (non-hydrogen) atoms. The van der Waals surface area contributed by atoms with E-state index in [1.807, 2.05) is 36.4 Å². The van der Waals surface area contributed by atoms with Gasteiger partial charge in [-0.25, -0.2) is 13.1 Å². The van der Waals surface area contributed by atoms with Gasteiger partial charge in [-0.05, 0) is 70.6 Å². The Bertz CT molecular complexity index is 1680. The van der Waals surface area contributed by atoms with Gasteiger partial charge in [0.25, 0.3) is 21.8 Å². The number of carbonyl (C=O) groups is 2. The van der Waals surface area contributed by atoms with E-state index in [4.69, 9.17) is 4.74 Å². The SMILES string of the molecule is CCC(CC)CNC(=O)c1ccc2cccc(Cc3ccc(C(=O)NS(=O)(=O)c4ccccc4C)cc3OC)c2c1. The number of sulfonamides is 1. The number of amides is 2. The highest BCUT2D eigenvalue weighted by molar-refractivity contribution is 7.90. The van der Waals surface area contributed by atoms with E-state index in [0.29, 0.717) is 35.8 Å². The van der Waals surface area contributed by atoms with Crippen LogP contribution >= 0.6 is 0 Å². The molecule has 0 aliphatic heterocycles. The van der Waals surface area contributed by atoms with Crippen LogP contribution in [0.1, 0.15) is 64.1 Å². The van der Waals surface area contributed by atoms with E-state index in [2.05, 4.69) is 23.9 Å². The van der Waals surface area contributed by atoms with Crippen LogP contribution in [0.5, 0.6) is 5.75 Å². The Kier molecular flexibility index (Phi) is 9.45. The van der Waals surface area contributed by atoms with Crippen LogP contribution in [-0.4, -0.2) is 33.9 Å². The molecule has 0 aromatic heterocycles. The number of rotatable bonds is 11. The van der Waals surface area contributed by atoms with Crippen LogP contribution in [0.15, 0.2) is 83.8 Å². The Balaban J connectivity index is 1.57. The minimum Gasteiger partial charge on any atom is -0.496 e. The lowest BCUT2D eigenvalue weighted by Crippen LogP contribution is -2.31. The zero-order valence-corrected chi connectivity index (χ0v) is 24.7. The topological polar surface area (TPSA) is 102 Å². The summed E-state index contributed by atoms with van der Waals surface area (Å²) in [6.45, 7) is 6.58. The summed E-state index contributed by atoms with van der Waals surface area (Å²) < 4.78 is 33.4. The number of aryl methyl sites for hydroxylation is 1. The maximum atomic E-state index is 12.9. The second kappa shape index (κ2) is 13.0. The molecule has 0 aliphatic carbocycles. The summed E-state index contributed by atoms with van der Waals surface area (Å²) in [5.41, 5.74) is 3.13.